The van der Waals surface area contributed by atoms with Crippen molar-refractivity contribution in [3.8, 4) is 11.8 Å². The average molecular weight is 182 g/mol. The van der Waals surface area contributed by atoms with Crippen LogP contribution in [0.1, 0.15) is 48.6 Å². The molecule has 1 aromatic carbocycles. The average Bonchev–Trinajstić information content (AvgIpc) is 2.17. The minimum Gasteiger partial charge on any atom is -0.103 e. The van der Waals surface area contributed by atoms with Crippen molar-refractivity contribution >= 4 is 0 Å². The molecule has 0 amide bonds. The Balaban J connectivity index is 1.95. The van der Waals surface area contributed by atoms with Gasteiger partial charge in [-0.05, 0) is 35.8 Å². The van der Waals surface area contributed by atoms with Crippen molar-refractivity contribution in [2.75, 3.05) is 0 Å². The molecule has 3 rings (SSSR count). The molecule has 2 aliphatic carbocycles. The van der Waals surface area contributed by atoms with Gasteiger partial charge in [-0.1, -0.05) is 24.3 Å². The van der Waals surface area contributed by atoms with E-state index in [1.165, 1.54) is 12.8 Å². The van der Waals surface area contributed by atoms with Crippen molar-refractivity contribution < 1.29 is 0 Å². The van der Waals surface area contributed by atoms with Crippen LogP contribution in [0.25, 0.3) is 0 Å². The summed E-state index contributed by atoms with van der Waals surface area (Å²) in [6.45, 7) is 0. The van der Waals surface area contributed by atoms with Crippen LogP contribution in [0.5, 0.6) is 0 Å². The summed E-state index contributed by atoms with van der Waals surface area (Å²) >= 11 is 0. The van der Waals surface area contributed by atoms with E-state index in [-0.39, 0.29) is 0 Å². The molecule has 0 radical (unpaired) electrons. The van der Waals surface area contributed by atoms with Crippen molar-refractivity contribution in [3.63, 3.8) is 0 Å². The van der Waals surface area contributed by atoms with E-state index in [2.05, 4.69) is 36.1 Å². The third-order valence-electron chi connectivity index (χ3n) is 3.57. The molecule has 2 aliphatic rings. The van der Waals surface area contributed by atoms with Crippen LogP contribution >= 0.6 is 0 Å². The van der Waals surface area contributed by atoms with E-state index in [1.807, 2.05) is 0 Å². The number of rotatable bonds is 0. The highest BCUT2D eigenvalue weighted by Gasteiger charge is 2.35. The minimum atomic E-state index is 0.820. The fourth-order valence-electron chi connectivity index (χ4n) is 2.87. The van der Waals surface area contributed by atoms with Gasteiger partial charge < -0.3 is 0 Å². The Morgan fingerprint density at radius 3 is 1.86 bits per heavy atom. The Labute approximate surface area is 85.3 Å². The van der Waals surface area contributed by atoms with E-state index >= 15 is 0 Å². The molecule has 0 nitrogen and oxygen atoms in total. The van der Waals surface area contributed by atoms with Crippen LogP contribution in [-0.4, -0.2) is 0 Å². The Hall–Kier alpha value is -1.22. The molecule has 0 aliphatic heterocycles. The molecule has 14 heavy (non-hydrogen) atoms. The van der Waals surface area contributed by atoms with Gasteiger partial charge in [-0.15, -0.1) is 11.8 Å². The number of hydrogen-bond acceptors (Lipinski definition) is 0. The first kappa shape index (κ1) is 8.12. The molecule has 70 valence electrons. The summed E-state index contributed by atoms with van der Waals surface area (Å²) in [5.74, 6) is 8.15. The second-order valence-electron chi connectivity index (χ2n) is 4.27. The Morgan fingerprint density at radius 1 is 0.857 bits per heavy atom. The first-order valence-corrected chi connectivity index (χ1v) is 5.51. The van der Waals surface area contributed by atoms with Crippen LogP contribution in [0.2, 0.25) is 0 Å². The van der Waals surface area contributed by atoms with Gasteiger partial charge >= 0.3 is 0 Å². The number of benzene rings is 1. The predicted molar refractivity (Wildman–Crippen MR) is 58.2 cm³/mol. The Morgan fingerprint density at radius 2 is 1.36 bits per heavy atom. The maximum Gasteiger partial charge on any atom is 0.00947 e. The summed E-state index contributed by atoms with van der Waals surface area (Å²) in [4.78, 5) is 0. The van der Waals surface area contributed by atoms with Crippen LogP contribution in [-0.2, 0) is 0 Å². The van der Waals surface area contributed by atoms with Crippen molar-refractivity contribution in [3.05, 3.63) is 35.4 Å². The first-order valence-electron chi connectivity index (χ1n) is 5.51. The molecule has 0 N–H and O–H groups in total. The SMILES string of the molecule is C1#CCCC2c3ccccc3C2CC1. The fraction of sp³-hybridized carbons (Fsp3) is 0.429. The number of fused-ring (bicyclic) bond motifs is 4. The Bertz CT molecular complexity index is 369. The van der Waals surface area contributed by atoms with Crippen LogP contribution in [0.15, 0.2) is 24.3 Å². The van der Waals surface area contributed by atoms with Crippen LogP contribution in [0, 0.1) is 11.8 Å². The molecule has 0 heterocycles. The van der Waals surface area contributed by atoms with Crippen LogP contribution in [0.3, 0.4) is 0 Å². The van der Waals surface area contributed by atoms with Crippen molar-refractivity contribution in [2.45, 2.75) is 37.5 Å². The molecule has 2 atom stereocenters. The maximum atomic E-state index is 3.25. The van der Waals surface area contributed by atoms with Crippen LogP contribution in [0.4, 0.5) is 0 Å². The van der Waals surface area contributed by atoms with Gasteiger partial charge in [0.2, 0.25) is 0 Å². The standard InChI is InChI=1S/C14H14/c1-2-4-8-12-11(7-3-1)13-9-5-6-10-14(12)13/h5-6,9-12H,3-4,7-8H2. The molecular formula is C14H14. The summed E-state index contributed by atoms with van der Waals surface area (Å²) in [5.41, 5.74) is 3.20. The first-order chi connectivity index (χ1) is 6.97. The zero-order valence-corrected chi connectivity index (χ0v) is 8.29. The normalized spacial score (nSPS) is 28.3. The third kappa shape index (κ3) is 1.09. The van der Waals surface area contributed by atoms with E-state index in [0.717, 1.165) is 24.7 Å². The van der Waals surface area contributed by atoms with Gasteiger partial charge in [0, 0.05) is 12.8 Å². The second kappa shape index (κ2) is 3.17. The summed E-state index contributed by atoms with van der Waals surface area (Å²) < 4.78 is 0. The van der Waals surface area contributed by atoms with E-state index in [0.29, 0.717) is 0 Å². The van der Waals surface area contributed by atoms with Gasteiger partial charge in [0.1, 0.15) is 0 Å². The summed E-state index contributed by atoms with van der Waals surface area (Å²) in [7, 11) is 0. The lowest BCUT2D eigenvalue weighted by Gasteiger charge is -2.40. The summed E-state index contributed by atoms with van der Waals surface area (Å²) in [6.07, 6.45) is 4.73. The molecule has 0 spiro atoms. The molecule has 0 bridgehead atoms. The zero-order valence-electron chi connectivity index (χ0n) is 8.29. The highest BCUT2D eigenvalue weighted by Crippen LogP contribution is 2.51. The molecule has 0 fully saturated rings. The van der Waals surface area contributed by atoms with Crippen LogP contribution < -0.4 is 0 Å². The molecular weight excluding hydrogens is 168 g/mol. The largest absolute Gasteiger partial charge is 0.103 e. The maximum absolute atomic E-state index is 3.25. The molecule has 0 saturated heterocycles. The topological polar surface area (TPSA) is 0 Å². The fourth-order valence-corrected chi connectivity index (χ4v) is 2.87. The molecule has 0 saturated carbocycles. The predicted octanol–water partition coefficient (Wildman–Crippen LogP) is 3.44. The van der Waals surface area contributed by atoms with Crippen molar-refractivity contribution in [2.24, 2.45) is 0 Å². The number of hydrogen-bond donors (Lipinski definition) is 0. The van der Waals surface area contributed by atoms with Crippen molar-refractivity contribution in [1.82, 2.24) is 0 Å². The highest BCUT2D eigenvalue weighted by atomic mass is 14.4. The van der Waals surface area contributed by atoms with Gasteiger partial charge in [0.15, 0.2) is 0 Å². The molecule has 0 heteroatoms. The van der Waals surface area contributed by atoms with Gasteiger partial charge in [-0.3, -0.25) is 0 Å². The zero-order chi connectivity index (χ0) is 9.38. The lowest BCUT2D eigenvalue weighted by atomic mass is 9.64. The lowest BCUT2D eigenvalue weighted by molar-refractivity contribution is 0.423. The van der Waals surface area contributed by atoms with Crippen molar-refractivity contribution in [1.29, 1.82) is 0 Å². The van der Waals surface area contributed by atoms with Gasteiger partial charge in [0.05, 0.1) is 0 Å². The smallest absolute Gasteiger partial charge is 0.00947 e. The van der Waals surface area contributed by atoms with E-state index < -0.39 is 0 Å². The molecule has 2 unspecified atom stereocenters. The van der Waals surface area contributed by atoms with Gasteiger partial charge in [-0.2, -0.15) is 0 Å². The molecule has 1 aromatic rings. The minimum absolute atomic E-state index is 0.820. The third-order valence-corrected chi connectivity index (χ3v) is 3.57. The quantitative estimate of drug-likeness (QED) is 0.539. The second-order valence-corrected chi connectivity index (χ2v) is 4.27. The highest BCUT2D eigenvalue weighted by molar-refractivity contribution is 5.45. The van der Waals surface area contributed by atoms with E-state index in [9.17, 15) is 0 Å². The monoisotopic (exact) mass is 182 g/mol. The molecule has 0 aromatic heterocycles. The Kier molecular flexibility index (Phi) is 1.84. The summed E-state index contributed by atoms with van der Waals surface area (Å²) in [6, 6.07) is 8.93. The van der Waals surface area contributed by atoms with E-state index in [4.69, 9.17) is 0 Å². The lowest BCUT2D eigenvalue weighted by Crippen LogP contribution is -2.24. The van der Waals surface area contributed by atoms with Gasteiger partial charge in [-0.25, -0.2) is 0 Å². The summed E-state index contributed by atoms with van der Waals surface area (Å²) in [5, 5.41) is 0. The van der Waals surface area contributed by atoms with E-state index in [1.54, 1.807) is 11.1 Å². The van der Waals surface area contributed by atoms with Gasteiger partial charge in [0.25, 0.3) is 0 Å².